The second kappa shape index (κ2) is 14.4. The number of sulfonamides is 1. The molecule has 0 saturated carbocycles. The van der Waals surface area contributed by atoms with Crippen LogP contribution in [0.4, 0.5) is 5.69 Å². The highest BCUT2D eigenvalue weighted by Crippen LogP contribution is 2.33. The van der Waals surface area contributed by atoms with E-state index in [1.54, 1.807) is 19.1 Å². The van der Waals surface area contributed by atoms with E-state index in [1.807, 2.05) is 65.0 Å². The summed E-state index contributed by atoms with van der Waals surface area (Å²) in [7, 11) is -1.38. The molecule has 0 spiro atoms. The Morgan fingerprint density at radius 2 is 1.49 bits per heavy atom. The molecule has 0 aromatic heterocycles. The molecule has 10 heteroatoms. The number of anilines is 1. The first-order valence-corrected chi connectivity index (χ1v) is 15.7. The van der Waals surface area contributed by atoms with Crippen LogP contribution in [0.3, 0.4) is 0 Å². The Balaban J connectivity index is 2.09. The van der Waals surface area contributed by atoms with Gasteiger partial charge in [0.15, 0.2) is 11.5 Å². The topological polar surface area (TPSA) is 105 Å². The fourth-order valence-corrected chi connectivity index (χ4v) is 6.18. The zero-order valence-electron chi connectivity index (χ0n) is 26.3. The lowest BCUT2D eigenvalue weighted by molar-refractivity contribution is -0.139. The van der Waals surface area contributed by atoms with Crippen LogP contribution < -0.4 is 19.1 Å². The van der Waals surface area contributed by atoms with Crippen molar-refractivity contribution >= 4 is 27.5 Å². The SMILES string of the molecule is COc1ccc(S(=O)(=O)N(CC(=O)N(Cc2cccc(C)c2)[C@H](C)C(=O)NCC(C)C)c2cc(C)cc(C)c2)cc1OC. The zero-order chi connectivity index (χ0) is 31.9. The molecule has 0 bridgehead atoms. The van der Waals surface area contributed by atoms with Crippen molar-refractivity contribution in [2.24, 2.45) is 5.92 Å². The molecule has 0 radical (unpaired) electrons. The van der Waals surface area contributed by atoms with Crippen LogP contribution in [0.5, 0.6) is 11.5 Å². The molecule has 1 atom stereocenters. The van der Waals surface area contributed by atoms with Crippen molar-refractivity contribution < 1.29 is 27.5 Å². The molecule has 0 heterocycles. The smallest absolute Gasteiger partial charge is 0.264 e. The third-order valence-electron chi connectivity index (χ3n) is 7.00. The van der Waals surface area contributed by atoms with E-state index in [2.05, 4.69) is 5.32 Å². The first kappa shape index (κ1) is 33.5. The maximum atomic E-state index is 14.2. The maximum Gasteiger partial charge on any atom is 0.264 e. The van der Waals surface area contributed by atoms with E-state index in [1.165, 1.54) is 37.3 Å². The molecule has 0 aliphatic heterocycles. The lowest BCUT2D eigenvalue weighted by Gasteiger charge is -2.32. The Bertz CT molecular complexity index is 1530. The number of hydrogen-bond acceptors (Lipinski definition) is 6. The number of carbonyl (C=O) groups is 2. The average Bonchev–Trinajstić information content (AvgIpc) is 2.95. The average molecular weight is 610 g/mol. The first-order valence-electron chi connectivity index (χ1n) is 14.2. The van der Waals surface area contributed by atoms with E-state index in [0.29, 0.717) is 18.0 Å². The maximum absolute atomic E-state index is 14.2. The van der Waals surface area contributed by atoms with E-state index in [4.69, 9.17) is 9.47 Å². The number of nitrogens with one attached hydrogen (secondary N) is 1. The van der Waals surface area contributed by atoms with Gasteiger partial charge in [0.25, 0.3) is 10.0 Å². The summed E-state index contributed by atoms with van der Waals surface area (Å²) < 4.78 is 40.2. The Hall–Kier alpha value is -4.05. The molecule has 3 aromatic rings. The number of amides is 2. The quantitative estimate of drug-likeness (QED) is 0.292. The lowest BCUT2D eigenvalue weighted by Crippen LogP contribution is -2.51. The molecule has 0 fully saturated rings. The Kier molecular flexibility index (Phi) is 11.2. The minimum Gasteiger partial charge on any atom is -0.493 e. The Labute approximate surface area is 255 Å². The molecule has 0 saturated heterocycles. The molecule has 2 amide bonds. The molecular weight excluding hydrogens is 566 g/mol. The fraction of sp³-hybridized carbons (Fsp3) is 0.394. The summed E-state index contributed by atoms with van der Waals surface area (Å²) in [5.74, 6) is 0.0175. The summed E-state index contributed by atoms with van der Waals surface area (Å²) >= 11 is 0. The van der Waals surface area contributed by atoms with Gasteiger partial charge < -0.3 is 19.7 Å². The van der Waals surface area contributed by atoms with Crippen LogP contribution in [0.25, 0.3) is 0 Å². The summed E-state index contributed by atoms with van der Waals surface area (Å²) in [5, 5.41) is 2.90. The van der Waals surface area contributed by atoms with Crippen LogP contribution in [0, 0.1) is 26.7 Å². The molecule has 9 nitrogen and oxygen atoms in total. The number of nitrogens with zero attached hydrogens (tertiary/aromatic N) is 2. The van der Waals surface area contributed by atoms with Gasteiger partial charge in [-0.2, -0.15) is 0 Å². The van der Waals surface area contributed by atoms with E-state index < -0.39 is 28.5 Å². The Morgan fingerprint density at radius 3 is 2.07 bits per heavy atom. The normalized spacial score (nSPS) is 12.0. The van der Waals surface area contributed by atoms with Gasteiger partial charge in [-0.25, -0.2) is 8.42 Å². The van der Waals surface area contributed by atoms with Crippen molar-refractivity contribution in [2.75, 3.05) is 31.6 Å². The van der Waals surface area contributed by atoms with E-state index in [-0.39, 0.29) is 29.0 Å². The van der Waals surface area contributed by atoms with E-state index >= 15 is 0 Å². The molecule has 0 unspecified atom stereocenters. The molecule has 232 valence electrons. The number of ether oxygens (including phenoxy) is 2. The van der Waals surface area contributed by atoms with Gasteiger partial charge in [-0.05, 0) is 74.6 Å². The number of hydrogen-bond donors (Lipinski definition) is 1. The van der Waals surface area contributed by atoms with Gasteiger partial charge in [0, 0.05) is 19.2 Å². The largest absolute Gasteiger partial charge is 0.493 e. The van der Waals surface area contributed by atoms with Crippen LogP contribution in [0.2, 0.25) is 0 Å². The summed E-state index contributed by atoms with van der Waals surface area (Å²) in [5.41, 5.74) is 3.86. The zero-order valence-corrected chi connectivity index (χ0v) is 27.1. The highest BCUT2D eigenvalue weighted by molar-refractivity contribution is 7.92. The summed E-state index contributed by atoms with van der Waals surface area (Å²) in [4.78, 5) is 28.7. The van der Waals surface area contributed by atoms with Crippen molar-refractivity contribution in [3.8, 4) is 11.5 Å². The van der Waals surface area contributed by atoms with Gasteiger partial charge in [-0.3, -0.25) is 13.9 Å². The highest BCUT2D eigenvalue weighted by Gasteiger charge is 2.33. The standard InChI is InChI=1S/C33H43N3O6S/c1-22(2)19-34-33(38)26(6)35(20-27-11-9-10-23(3)15-27)32(37)21-36(28-16-24(4)14-25(5)17-28)43(39,40)29-12-13-30(41-7)31(18-29)42-8/h9-18,22,26H,19-21H2,1-8H3,(H,34,38)/t26-/m1/s1. The van der Waals surface area contributed by atoms with Crippen LogP contribution in [0.15, 0.2) is 65.6 Å². The third kappa shape index (κ3) is 8.50. The molecule has 1 N–H and O–H groups in total. The summed E-state index contributed by atoms with van der Waals surface area (Å²) in [6.07, 6.45) is 0. The minimum absolute atomic E-state index is 0.0648. The van der Waals surface area contributed by atoms with Crippen molar-refractivity contribution in [2.45, 2.75) is 59.0 Å². The third-order valence-corrected chi connectivity index (χ3v) is 8.77. The van der Waals surface area contributed by atoms with Gasteiger partial charge >= 0.3 is 0 Å². The lowest BCUT2D eigenvalue weighted by atomic mass is 10.1. The highest BCUT2D eigenvalue weighted by atomic mass is 32.2. The van der Waals surface area contributed by atoms with Crippen LogP contribution in [-0.4, -0.2) is 58.5 Å². The van der Waals surface area contributed by atoms with Crippen LogP contribution >= 0.6 is 0 Å². The number of aryl methyl sites for hydroxylation is 3. The molecule has 0 aliphatic rings. The summed E-state index contributed by atoms with van der Waals surface area (Å²) in [6, 6.07) is 16.5. The predicted molar refractivity (Wildman–Crippen MR) is 169 cm³/mol. The molecule has 3 aromatic carbocycles. The number of rotatable bonds is 13. The van der Waals surface area contributed by atoms with Gasteiger partial charge in [0.2, 0.25) is 11.8 Å². The van der Waals surface area contributed by atoms with Crippen molar-refractivity contribution in [3.05, 3.63) is 82.9 Å². The van der Waals surface area contributed by atoms with Gasteiger partial charge in [-0.15, -0.1) is 0 Å². The number of benzene rings is 3. The van der Waals surface area contributed by atoms with Gasteiger partial charge in [-0.1, -0.05) is 49.7 Å². The Morgan fingerprint density at radius 1 is 0.837 bits per heavy atom. The molecule has 3 rings (SSSR count). The minimum atomic E-state index is -4.27. The molecule has 43 heavy (non-hydrogen) atoms. The van der Waals surface area contributed by atoms with Crippen LogP contribution in [0.1, 0.15) is 43.0 Å². The van der Waals surface area contributed by atoms with Crippen molar-refractivity contribution in [3.63, 3.8) is 0 Å². The fourth-order valence-electron chi connectivity index (χ4n) is 4.77. The molecule has 0 aliphatic carbocycles. The first-order chi connectivity index (χ1) is 20.3. The number of methoxy groups -OCH3 is 2. The van der Waals surface area contributed by atoms with Crippen LogP contribution in [-0.2, 0) is 26.2 Å². The molecular formula is C33H43N3O6S. The second-order valence-corrected chi connectivity index (χ2v) is 13.1. The van der Waals surface area contributed by atoms with Gasteiger partial charge in [0.1, 0.15) is 12.6 Å². The number of carbonyl (C=O) groups excluding carboxylic acids is 2. The summed E-state index contributed by atoms with van der Waals surface area (Å²) in [6.45, 7) is 11.4. The van der Waals surface area contributed by atoms with Crippen molar-refractivity contribution in [1.29, 1.82) is 0 Å². The van der Waals surface area contributed by atoms with E-state index in [9.17, 15) is 18.0 Å². The second-order valence-electron chi connectivity index (χ2n) is 11.2. The van der Waals surface area contributed by atoms with Gasteiger partial charge in [0.05, 0.1) is 24.8 Å². The predicted octanol–water partition coefficient (Wildman–Crippen LogP) is 5.01. The van der Waals surface area contributed by atoms with E-state index in [0.717, 1.165) is 26.6 Å². The monoisotopic (exact) mass is 609 g/mol. The van der Waals surface area contributed by atoms with Crippen molar-refractivity contribution in [1.82, 2.24) is 10.2 Å².